The quantitative estimate of drug-likeness (QED) is 0.437. The first kappa shape index (κ1) is 22.0. The molecule has 3 aromatic rings. The fourth-order valence-corrected chi connectivity index (χ4v) is 3.34. The van der Waals surface area contributed by atoms with Crippen LogP contribution in [0.25, 0.3) is 0 Å². The molecule has 3 rings (SSSR count). The Morgan fingerprint density at radius 2 is 1.53 bits per heavy atom. The number of para-hydroxylation sites is 1. The third kappa shape index (κ3) is 5.91. The third-order valence-corrected chi connectivity index (χ3v) is 5.10. The van der Waals surface area contributed by atoms with Crippen molar-refractivity contribution in [2.75, 3.05) is 13.7 Å². The summed E-state index contributed by atoms with van der Waals surface area (Å²) in [6, 6.07) is 20.0. The number of ether oxygens (including phenoxy) is 3. The average Bonchev–Trinajstić information content (AvgIpc) is 2.76. The van der Waals surface area contributed by atoms with Crippen molar-refractivity contribution >= 4 is 11.6 Å². The van der Waals surface area contributed by atoms with E-state index >= 15 is 0 Å². The van der Waals surface area contributed by atoms with Crippen molar-refractivity contribution in [2.45, 2.75) is 33.5 Å². The highest BCUT2D eigenvalue weighted by Gasteiger charge is 2.12. The van der Waals surface area contributed by atoms with Crippen LogP contribution in [-0.2, 0) is 19.7 Å². The maximum absolute atomic E-state index is 6.54. The molecule has 0 saturated heterocycles. The second-order valence-corrected chi connectivity index (χ2v) is 7.42. The Bertz CT molecular complexity index is 957. The van der Waals surface area contributed by atoms with Crippen LogP contribution in [0.15, 0.2) is 60.7 Å². The Kier molecular flexibility index (Phi) is 8.00. The SMILES string of the molecule is CCOc1cc(CNCc2ccccc2OC)c(Cl)cc1OCc1ccc(C)cc1. The topological polar surface area (TPSA) is 39.7 Å². The van der Waals surface area contributed by atoms with Crippen LogP contribution in [-0.4, -0.2) is 13.7 Å². The minimum absolute atomic E-state index is 0.460. The Hall–Kier alpha value is -2.69. The predicted octanol–water partition coefficient (Wildman–Crippen LogP) is 5.92. The zero-order valence-electron chi connectivity index (χ0n) is 17.7. The summed E-state index contributed by atoms with van der Waals surface area (Å²) in [6.07, 6.45) is 0. The molecule has 5 heteroatoms. The van der Waals surface area contributed by atoms with Gasteiger partial charge in [-0.25, -0.2) is 0 Å². The van der Waals surface area contributed by atoms with Crippen LogP contribution >= 0.6 is 11.6 Å². The van der Waals surface area contributed by atoms with E-state index in [1.54, 1.807) is 7.11 Å². The van der Waals surface area contributed by atoms with Gasteiger partial charge in [-0.15, -0.1) is 0 Å². The molecule has 0 saturated carbocycles. The van der Waals surface area contributed by atoms with Gasteiger partial charge in [0.25, 0.3) is 0 Å². The number of methoxy groups -OCH3 is 1. The lowest BCUT2D eigenvalue weighted by atomic mass is 10.1. The molecule has 0 aliphatic heterocycles. The molecule has 1 N–H and O–H groups in total. The van der Waals surface area contributed by atoms with Crippen LogP contribution in [0.2, 0.25) is 5.02 Å². The van der Waals surface area contributed by atoms with Crippen molar-refractivity contribution in [1.29, 1.82) is 0 Å². The first-order valence-electron chi connectivity index (χ1n) is 10.1. The largest absolute Gasteiger partial charge is 0.496 e. The van der Waals surface area contributed by atoms with Crippen LogP contribution in [0.3, 0.4) is 0 Å². The highest BCUT2D eigenvalue weighted by molar-refractivity contribution is 6.31. The number of hydrogen-bond acceptors (Lipinski definition) is 4. The molecule has 0 amide bonds. The van der Waals surface area contributed by atoms with Gasteiger partial charge in [0.15, 0.2) is 11.5 Å². The van der Waals surface area contributed by atoms with Gasteiger partial charge >= 0.3 is 0 Å². The Morgan fingerprint density at radius 1 is 0.833 bits per heavy atom. The molecule has 0 fully saturated rings. The molecular formula is C25H28ClNO3. The summed E-state index contributed by atoms with van der Waals surface area (Å²) in [4.78, 5) is 0. The fraction of sp³-hybridized carbons (Fsp3) is 0.280. The van der Waals surface area contributed by atoms with E-state index in [9.17, 15) is 0 Å². The summed E-state index contributed by atoms with van der Waals surface area (Å²) in [5.74, 6) is 2.21. The third-order valence-electron chi connectivity index (χ3n) is 4.75. The summed E-state index contributed by atoms with van der Waals surface area (Å²) < 4.78 is 17.2. The van der Waals surface area contributed by atoms with Crippen molar-refractivity contribution in [3.8, 4) is 17.2 Å². The standard InChI is InChI=1S/C25H28ClNO3/c1-4-29-24-13-21(16-27-15-20-7-5-6-8-23(20)28-3)22(26)14-25(24)30-17-19-11-9-18(2)10-12-19/h5-14,27H,4,15-17H2,1-3H3. The van der Waals surface area contributed by atoms with Gasteiger partial charge in [-0.3, -0.25) is 0 Å². The molecule has 0 unspecified atom stereocenters. The highest BCUT2D eigenvalue weighted by atomic mass is 35.5. The summed E-state index contributed by atoms with van der Waals surface area (Å²) in [7, 11) is 1.68. The normalized spacial score (nSPS) is 10.7. The smallest absolute Gasteiger partial charge is 0.163 e. The second-order valence-electron chi connectivity index (χ2n) is 7.01. The van der Waals surface area contributed by atoms with Crippen molar-refractivity contribution in [2.24, 2.45) is 0 Å². The van der Waals surface area contributed by atoms with Crippen LogP contribution < -0.4 is 19.5 Å². The van der Waals surface area contributed by atoms with E-state index in [-0.39, 0.29) is 0 Å². The van der Waals surface area contributed by atoms with Gasteiger partial charge in [0.05, 0.1) is 13.7 Å². The Labute approximate surface area is 183 Å². The minimum Gasteiger partial charge on any atom is -0.496 e. The maximum atomic E-state index is 6.54. The second kappa shape index (κ2) is 10.9. The van der Waals surface area contributed by atoms with Gasteiger partial charge in [-0.1, -0.05) is 59.6 Å². The van der Waals surface area contributed by atoms with Gasteiger partial charge < -0.3 is 19.5 Å². The van der Waals surface area contributed by atoms with Gasteiger partial charge in [0.1, 0.15) is 12.4 Å². The number of halogens is 1. The van der Waals surface area contributed by atoms with E-state index < -0.39 is 0 Å². The molecule has 158 valence electrons. The number of hydrogen-bond donors (Lipinski definition) is 1. The Balaban J connectivity index is 1.68. The van der Waals surface area contributed by atoms with E-state index in [4.69, 9.17) is 25.8 Å². The van der Waals surface area contributed by atoms with Crippen molar-refractivity contribution in [3.05, 3.63) is 87.9 Å². The molecule has 3 aromatic carbocycles. The van der Waals surface area contributed by atoms with Gasteiger partial charge in [0.2, 0.25) is 0 Å². The van der Waals surface area contributed by atoms with Gasteiger partial charge in [-0.05, 0) is 37.1 Å². The monoisotopic (exact) mass is 425 g/mol. The van der Waals surface area contributed by atoms with Crippen LogP contribution in [0.5, 0.6) is 17.2 Å². The van der Waals surface area contributed by atoms with E-state index in [0.717, 1.165) is 22.4 Å². The molecule has 0 heterocycles. The number of benzene rings is 3. The maximum Gasteiger partial charge on any atom is 0.163 e. The minimum atomic E-state index is 0.460. The average molecular weight is 426 g/mol. The molecule has 0 aromatic heterocycles. The van der Waals surface area contributed by atoms with Gasteiger partial charge in [-0.2, -0.15) is 0 Å². The Morgan fingerprint density at radius 3 is 2.27 bits per heavy atom. The summed E-state index contributed by atoms with van der Waals surface area (Å²) in [5, 5.41) is 4.07. The molecule has 0 aliphatic carbocycles. The van der Waals surface area contributed by atoms with Crippen molar-refractivity contribution in [1.82, 2.24) is 5.32 Å². The molecule has 0 bridgehead atoms. The molecule has 4 nitrogen and oxygen atoms in total. The summed E-state index contributed by atoms with van der Waals surface area (Å²) in [5.41, 5.74) is 4.38. The number of nitrogens with one attached hydrogen (secondary N) is 1. The lowest BCUT2D eigenvalue weighted by molar-refractivity contribution is 0.269. The lowest BCUT2D eigenvalue weighted by Gasteiger charge is -2.16. The zero-order chi connectivity index (χ0) is 21.3. The molecule has 0 spiro atoms. The van der Waals surface area contributed by atoms with E-state index in [2.05, 4.69) is 36.5 Å². The molecule has 0 atom stereocenters. The first-order chi connectivity index (χ1) is 14.6. The van der Waals surface area contributed by atoms with E-state index in [0.29, 0.717) is 42.8 Å². The van der Waals surface area contributed by atoms with Crippen LogP contribution in [0.1, 0.15) is 29.2 Å². The highest BCUT2D eigenvalue weighted by Crippen LogP contribution is 2.34. The van der Waals surface area contributed by atoms with Crippen LogP contribution in [0, 0.1) is 6.92 Å². The van der Waals surface area contributed by atoms with E-state index in [1.165, 1.54) is 5.56 Å². The predicted molar refractivity (Wildman–Crippen MR) is 122 cm³/mol. The molecular weight excluding hydrogens is 398 g/mol. The molecule has 0 aliphatic rings. The van der Waals surface area contributed by atoms with Crippen molar-refractivity contribution < 1.29 is 14.2 Å². The number of rotatable bonds is 10. The van der Waals surface area contributed by atoms with Crippen molar-refractivity contribution in [3.63, 3.8) is 0 Å². The van der Waals surface area contributed by atoms with Crippen LogP contribution in [0.4, 0.5) is 0 Å². The summed E-state index contributed by atoms with van der Waals surface area (Å²) >= 11 is 6.54. The molecule has 0 radical (unpaired) electrons. The van der Waals surface area contributed by atoms with Gasteiger partial charge in [0, 0.05) is 29.7 Å². The zero-order valence-corrected chi connectivity index (χ0v) is 18.5. The summed E-state index contributed by atoms with van der Waals surface area (Å²) in [6.45, 7) is 6.32. The first-order valence-corrected chi connectivity index (χ1v) is 10.4. The fourth-order valence-electron chi connectivity index (χ4n) is 3.12. The lowest BCUT2D eigenvalue weighted by Crippen LogP contribution is -2.14. The van der Waals surface area contributed by atoms with E-state index in [1.807, 2.05) is 43.3 Å². The number of aryl methyl sites for hydroxylation is 1. The molecule has 30 heavy (non-hydrogen) atoms.